The summed E-state index contributed by atoms with van der Waals surface area (Å²) in [4.78, 5) is 3.64. The molecule has 0 aliphatic rings. The van der Waals surface area contributed by atoms with E-state index in [1.54, 1.807) is 0 Å². The minimum Gasteiger partial charge on any atom is -0.369 e. The van der Waals surface area contributed by atoms with Gasteiger partial charge in [0.1, 0.15) is 5.69 Å². The molecule has 0 spiro atoms. The lowest BCUT2D eigenvalue weighted by Gasteiger charge is -2.28. The first-order valence-corrected chi connectivity index (χ1v) is 5.04. The zero-order valence-corrected chi connectivity index (χ0v) is 10.1. The highest BCUT2D eigenvalue weighted by Gasteiger charge is 2.25. The number of hydrogen-bond donors (Lipinski definition) is 0. The normalized spacial score (nSPS) is 11.8. The predicted octanol–water partition coefficient (Wildman–Crippen LogP) is 3.12. The van der Waals surface area contributed by atoms with E-state index in [0.717, 1.165) is 4.90 Å². The van der Waals surface area contributed by atoms with E-state index < -0.39 is 29.2 Å². The van der Waals surface area contributed by atoms with Crippen LogP contribution >= 0.6 is 0 Å². The van der Waals surface area contributed by atoms with Crippen LogP contribution in [0.5, 0.6) is 0 Å². The van der Waals surface area contributed by atoms with Gasteiger partial charge in [-0.25, -0.2) is 0 Å². The van der Waals surface area contributed by atoms with Crippen molar-refractivity contribution < 1.29 is 17.6 Å². The van der Waals surface area contributed by atoms with Crippen molar-refractivity contribution in [2.24, 2.45) is 5.41 Å². The molecule has 96 valence electrons. The summed E-state index contributed by atoms with van der Waals surface area (Å²) in [6.45, 7) is 5.76. The molecule has 1 rings (SSSR count). The summed E-state index contributed by atoms with van der Waals surface area (Å²) in [5, 5.41) is 0. The highest BCUT2D eigenvalue weighted by Crippen LogP contribution is 2.27. The van der Waals surface area contributed by atoms with Crippen molar-refractivity contribution in [1.29, 1.82) is 0 Å². The van der Waals surface area contributed by atoms with Crippen LogP contribution in [-0.4, -0.2) is 18.6 Å². The lowest BCUT2D eigenvalue weighted by atomic mass is 9.96. The Morgan fingerprint density at radius 2 is 1.41 bits per heavy atom. The monoisotopic (exact) mass is 250 g/mol. The SMILES string of the molecule is CN(CC(C)(C)C)c1c(F)c(F)nc(F)c1F. The average molecular weight is 250 g/mol. The Hall–Kier alpha value is -1.33. The van der Waals surface area contributed by atoms with Gasteiger partial charge in [0.05, 0.1) is 0 Å². The zero-order chi connectivity index (χ0) is 13.4. The molecule has 0 bridgehead atoms. The molecule has 0 aliphatic heterocycles. The Balaban J connectivity index is 3.21. The van der Waals surface area contributed by atoms with E-state index in [1.165, 1.54) is 7.05 Å². The van der Waals surface area contributed by atoms with E-state index >= 15 is 0 Å². The molecule has 1 aromatic heterocycles. The molecule has 0 atom stereocenters. The Labute approximate surface area is 97.3 Å². The Kier molecular flexibility index (Phi) is 3.64. The second-order valence-corrected chi connectivity index (χ2v) is 5.09. The summed E-state index contributed by atoms with van der Waals surface area (Å²) in [7, 11) is 1.37. The summed E-state index contributed by atoms with van der Waals surface area (Å²) in [6, 6.07) is 0. The molecule has 1 aromatic rings. The second kappa shape index (κ2) is 4.50. The Bertz CT molecular complexity index is 400. The number of aromatic nitrogens is 1. The third-order valence-corrected chi connectivity index (χ3v) is 2.07. The zero-order valence-electron chi connectivity index (χ0n) is 10.1. The number of pyridine rings is 1. The number of halogens is 4. The van der Waals surface area contributed by atoms with Gasteiger partial charge in [0.15, 0.2) is 0 Å². The van der Waals surface area contributed by atoms with Crippen molar-refractivity contribution in [1.82, 2.24) is 4.98 Å². The van der Waals surface area contributed by atoms with E-state index in [2.05, 4.69) is 4.98 Å². The van der Waals surface area contributed by atoms with Gasteiger partial charge in [-0.2, -0.15) is 22.5 Å². The molecular weight excluding hydrogens is 236 g/mol. The molecule has 17 heavy (non-hydrogen) atoms. The lowest BCUT2D eigenvalue weighted by Crippen LogP contribution is -2.31. The quantitative estimate of drug-likeness (QED) is 0.592. The average Bonchev–Trinajstić information content (AvgIpc) is 2.12. The summed E-state index contributed by atoms with van der Waals surface area (Å²) in [5.41, 5.74) is -1.01. The molecule has 0 aromatic carbocycles. The van der Waals surface area contributed by atoms with Crippen LogP contribution in [0, 0.1) is 28.9 Å². The van der Waals surface area contributed by atoms with Crippen LogP contribution in [0.4, 0.5) is 23.2 Å². The first-order valence-electron chi connectivity index (χ1n) is 5.04. The molecule has 0 saturated heterocycles. The van der Waals surface area contributed by atoms with Gasteiger partial charge in [0.25, 0.3) is 11.9 Å². The van der Waals surface area contributed by atoms with Gasteiger partial charge >= 0.3 is 0 Å². The number of anilines is 1. The highest BCUT2D eigenvalue weighted by molar-refractivity contribution is 5.47. The highest BCUT2D eigenvalue weighted by atomic mass is 19.2. The maximum absolute atomic E-state index is 13.4. The van der Waals surface area contributed by atoms with Gasteiger partial charge in [-0.15, -0.1) is 0 Å². The topological polar surface area (TPSA) is 16.1 Å². The van der Waals surface area contributed by atoms with Crippen molar-refractivity contribution in [3.8, 4) is 0 Å². The van der Waals surface area contributed by atoms with Crippen LogP contribution in [-0.2, 0) is 0 Å². The molecule has 1 heterocycles. The maximum atomic E-state index is 13.4. The van der Waals surface area contributed by atoms with Gasteiger partial charge in [-0.1, -0.05) is 20.8 Å². The van der Waals surface area contributed by atoms with Gasteiger partial charge in [-0.05, 0) is 5.41 Å². The van der Waals surface area contributed by atoms with Crippen LogP contribution in [0.2, 0.25) is 0 Å². The van der Waals surface area contributed by atoms with Crippen LogP contribution in [0.3, 0.4) is 0 Å². The van der Waals surface area contributed by atoms with Crippen LogP contribution in [0.1, 0.15) is 20.8 Å². The molecule has 0 amide bonds. The summed E-state index contributed by atoms with van der Waals surface area (Å²) in [5.74, 6) is -6.23. The van der Waals surface area contributed by atoms with E-state index in [4.69, 9.17) is 0 Å². The summed E-state index contributed by atoms with van der Waals surface area (Å²) < 4.78 is 52.6. The molecule has 0 unspecified atom stereocenters. The van der Waals surface area contributed by atoms with Gasteiger partial charge in [0.2, 0.25) is 11.6 Å². The fraction of sp³-hybridized carbons (Fsp3) is 0.545. The van der Waals surface area contributed by atoms with Gasteiger partial charge in [0, 0.05) is 13.6 Å². The Morgan fingerprint density at radius 3 is 1.76 bits per heavy atom. The van der Waals surface area contributed by atoms with Gasteiger partial charge < -0.3 is 4.90 Å². The molecule has 0 saturated carbocycles. The number of hydrogen-bond acceptors (Lipinski definition) is 2. The first-order chi connectivity index (χ1) is 7.63. The van der Waals surface area contributed by atoms with E-state index in [9.17, 15) is 17.6 Å². The lowest BCUT2D eigenvalue weighted by molar-refractivity contribution is 0.389. The Morgan fingerprint density at radius 1 is 1.00 bits per heavy atom. The van der Waals surface area contributed by atoms with Crippen LogP contribution in [0.25, 0.3) is 0 Å². The minimum absolute atomic E-state index is 0.240. The van der Waals surface area contributed by atoms with Crippen LogP contribution < -0.4 is 4.90 Å². The third-order valence-electron chi connectivity index (χ3n) is 2.07. The van der Waals surface area contributed by atoms with E-state index in [-0.39, 0.29) is 12.0 Å². The van der Waals surface area contributed by atoms with Gasteiger partial charge in [-0.3, -0.25) is 0 Å². The molecule has 0 aliphatic carbocycles. The van der Waals surface area contributed by atoms with Crippen molar-refractivity contribution in [2.75, 3.05) is 18.5 Å². The van der Waals surface area contributed by atoms with Crippen molar-refractivity contribution >= 4 is 5.69 Å². The molecule has 2 nitrogen and oxygen atoms in total. The van der Waals surface area contributed by atoms with Crippen molar-refractivity contribution in [3.05, 3.63) is 23.5 Å². The van der Waals surface area contributed by atoms with E-state index in [1.807, 2.05) is 20.8 Å². The third kappa shape index (κ3) is 3.08. The molecular formula is C11H14F4N2. The summed E-state index contributed by atoms with van der Waals surface area (Å²) >= 11 is 0. The smallest absolute Gasteiger partial charge is 0.253 e. The molecule has 0 N–H and O–H groups in total. The van der Waals surface area contributed by atoms with Crippen LogP contribution in [0.15, 0.2) is 0 Å². The minimum atomic E-state index is -1.64. The summed E-state index contributed by atoms with van der Waals surface area (Å²) in [6.07, 6.45) is 0. The standard InChI is InChI=1S/C11H14F4N2/c1-11(2,3)5-17(4)8-6(12)9(14)16-10(15)7(8)13/h5H2,1-4H3. The second-order valence-electron chi connectivity index (χ2n) is 5.09. The fourth-order valence-corrected chi connectivity index (χ4v) is 1.60. The van der Waals surface area contributed by atoms with Crippen molar-refractivity contribution in [3.63, 3.8) is 0 Å². The first kappa shape index (κ1) is 13.7. The maximum Gasteiger partial charge on any atom is 0.253 e. The largest absolute Gasteiger partial charge is 0.369 e. The number of nitrogens with zero attached hydrogens (tertiary/aromatic N) is 2. The predicted molar refractivity (Wildman–Crippen MR) is 56.8 cm³/mol. The molecule has 6 heteroatoms. The fourth-order valence-electron chi connectivity index (χ4n) is 1.60. The number of rotatable bonds is 2. The van der Waals surface area contributed by atoms with Crippen molar-refractivity contribution in [2.45, 2.75) is 20.8 Å². The molecule has 0 fully saturated rings. The van der Waals surface area contributed by atoms with E-state index in [0.29, 0.717) is 0 Å². The molecule has 0 radical (unpaired) electrons.